The lowest BCUT2D eigenvalue weighted by Gasteiger charge is -2.61. The summed E-state index contributed by atoms with van der Waals surface area (Å²) in [4.78, 5) is 23.9. The predicted molar refractivity (Wildman–Crippen MR) is 107 cm³/mol. The number of fused-ring (bicyclic) bond motifs is 5. The molecule has 0 spiro atoms. The summed E-state index contributed by atoms with van der Waals surface area (Å²) in [5.74, 6) is 0.720. The Morgan fingerprint density at radius 1 is 1.17 bits per heavy atom. The molecule has 1 aromatic heterocycles. The van der Waals surface area contributed by atoms with Crippen molar-refractivity contribution in [2.45, 2.75) is 75.9 Å². The zero-order valence-electron chi connectivity index (χ0n) is 17.0. The average Bonchev–Trinajstić information content (AvgIpc) is 3.05. The molecule has 4 aliphatic rings. The molecule has 0 radical (unpaired) electrons. The molecule has 7 atom stereocenters. The van der Waals surface area contributed by atoms with Gasteiger partial charge in [0.15, 0.2) is 0 Å². The zero-order chi connectivity index (χ0) is 20.4. The number of carbonyl (C=O) groups excluding carboxylic acids is 1. The molecule has 5 heteroatoms. The second kappa shape index (κ2) is 6.39. The fourth-order valence-electron chi connectivity index (χ4n) is 7.59. The normalized spacial score (nSPS) is 46.2. The molecule has 29 heavy (non-hydrogen) atoms. The quantitative estimate of drug-likeness (QED) is 0.589. The second-order valence-corrected chi connectivity index (χ2v) is 10.1. The Balaban J connectivity index is 1.49. The molecule has 1 heterocycles. The molecule has 0 amide bonds. The van der Waals surface area contributed by atoms with E-state index in [2.05, 4.69) is 13.0 Å². The fourth-order valence-corrected chi connectivity index (χ4v) is 7.59. The molecule has 0 saturated heterocycles. The van der Waals surface area contributed by atoms with Gasteiger partial charge in [-0.25, -0.2) is 4.79 Å². The highest BCUT2D eigenvalue weighted by atomic mass is 16.4. The molecule has 0 bridgehead atoms. The smallest absolute Gasteiger partial charge is 0.335 e. The first-order chi connectivity index (χ1) is 13.8. The van der Waals surface area contributed by atoms with E-state index in [0.29, 0.717) is 31.6 Å². The number of aldehydes is 1. The van der Waals surface area contributed by atoms with E-state index in [4.69, 9.17) is 4.42 Å². The summed E-state index contributed by atoms with van der Waals surface area (Å²) < 4.78 is 5.15. The van der Waals surface area contributed by atoms with Crippen LogP contribution in [0.4, 0.5) is 0 Å². The maximum atomic E-state index is 12.5. The van der Waals surface area contributed by atoms with Crippen LogP contribution in [0.5, 0.6) is 0 Å². The van der Waals surface area contributed by atoms with Gasteiger partial charge in [-0.3, -0.25) is 0 Å². The van der Waals surface area contributed by atoms with Crippen molar-refractivity contribution in [1.29, 1.82) is 0 Å². The van der Waals surface area contributed by atoms with Crippen LogP contribution in [-0.4, -0.2) is 28.2 Å². The minimum Gasteiger partial charge on any atom is -0.431 e. The van der Waals surface area contributed by atoms with Gasteiger partial charge in [-0.1, -0.05) is 18.6 Å². The van der Waals surface area contributed by atoms with E-state index in [1.54, 1.807) is 6.26 Å². The van der Waals surface area contributed by atoms with Gasteiger partial charge >= 0.3 is 5.63 Å². The summed E-state index contributed by atoms with van der Waals surface area (Å²) in [5.41, 5.74) is 0.342. The van der Waals surface area contributed by atoms with Crippen molar-refractivity contribution >= 4 is 6.29 Å². The standard InChI is InChI=1S/C24H30O5/c1-22-9-8-20-17(7-11-24(28)12-16(26)6-10-23(20,24)14-25)19(22)4-3-18(22)15-2-5-21(27)29-13-15/h2,4-5,13-14,16-18,20,26,28H,3,6-12H2,1H3. The molecule has 4 aliphatic carbocycles. The number of hydrogen-bond donors (Lipinski definition) is 2. The first-order valence-electron chi connectivity index (χ1n) is 11.0. The van der Waals surface area contributed by atoms with E-state index < -0.39 is 17.1 Å². The van der Waals surface area contributed by atoms with Crippen LogP contribution < -0.4 is 5.63 Å². The minimum absolute atomic E-state index is 0.00516. The van der Waals surface area contributed by atoms with E-state index in [0.717, 1.165) is 37.5 Å². The van der Waals surface area contributed by atoms with Crippen molar-refractivity contribution in [3.05, 3.63) is 46.0 Å². The van der Waals surface area contributed by atoms with Crippen LogP contribution in [0.2, 0.25) is 0 Å². The number of hydrogen-bond acceptors (Lipinski definition) is 5. The van der Waals surface area contributed by atoms with E-state index in [1.165, 1.54) is 11.6 Å². The van der Waals surface area contributed by atoms with Gasteiger partial charge < -0.3 is 19.4 Å². The molecular formula is C24H30O5. The molecular weight excluding hydrogens is 368 g/mol. The summed E-state index contributed by atoms with van der Waals surface area (Å²) in [5, 5.41) is 21.6. The SMILES string of the molecule is CC12CCC3C(CCC4(O)CC(O)CCC34C=O)C1=CCC2c1ccc(=O)oc1. The van der Waals surface area contributed by atoms with Gasteiger partial charge in [-0.05, 0) is 79.7 Å². The van der Waals surface area contributed by atoms with E-state index in [9.17, 15) is 19.8 Å². The van der Waals surface area contributed by atoms with Gasteiger partial charge in [-0.2, -0.15) is 0 Å². The van der Waals surface area contributed by atoms with Crippen LogP contribution in [-0.2, 0) is 4.79 Å². The van der Waals surface area contributed by atoms with Crippen LogP contribution in [0.15, 0.2) is 39.3 Å². The molecule has 5 rings (SSSR count). The molecule has 7 unspecified atom stereocenters. The van der Waals surface area contributed by atoms with Gasteiger partial charge in [0.1, 0.15) is 6.29 Å². The van der Waals surface area contributed by atoms with Gasteiger partial charge in [0.25, 0.3) is 0 Å². The third kappa shape index (κ3) is 2.53. The highest BCUT2D eigenvalue weighted by Gasteiger charge is 2.65. The Labute approximate surface area is 170 Å². The van der Waals surface area contributed by atoms with Gasteiger partial charge in [-0.15, -0.1) is 0 Å². The van der Waals surface area contributed by atoms with Crippen LogP contribution in [0.1, 0.15) is 69.8 Å². The van der Waals surface area contributed by atoms with Crippen molar-refractivity contribution in [2.75, 3.05) is 0 Å². The monoisotopic (exact) mass is 398 g/mol. The van der Waals surface area contributed by atoms with Crippen molar-refractivity contribution < 1.29 is 19.4 Å². The van der Waals surface area contributed by atoms with Crippen molar-refractivity contribution in [3.8, 4) is 0 Å². The molecule has 3 fully saturated rings. The Morgan fingerprint density at radius 3 is 2.72 bits per heavy atom. The summed E-state index contributed by atoms with van der Waals surface area (Å²) >= 11 is 0. The first-order valence-corrected chi connectivity index (χ1v) is 11.0. The number of rotatable bonds is 2. The fraction of sp³-hybridized carbons (Fsp3) is 0.667. The van der Waals surface area contributed by atoms with Crippen LogP contribution in [0.25, 0.3) is 0 Å². The Hall–Kier alpha value is -1.72. The average molecular weight is 398 g/mol. The number of aliphatic hydroxyl groups is 2. The maximum absolute atomic E-state index is 12.5. The minimum atomic E-state index is -1.08. The van der Waals surface area contributed by atoms with Crippen molar-refractivity contribution in [3.63, 3.8) is 0 Å². The van der Waals surface area contributed by atoms with Crippen LogP contribution >= 0.6 is 0 Å². The highest BCUT2D eigenvalue weighted by molar-refractivity contribution is 5.64. The zero-order valence-corrected chi connectivity index (χ0v) is 17.0. The summed E-state index contributed by atoms with van der Waals surface area (Å²) in [6.07, 6.45) is 10.2. The molecule has 0 aromatic carbocycles. The van der Waals surface area contributed by atoms with Crippen molar-refractivity contribution in [2.24, 2.45) is 22.7 Å². The number of carbonyl (C=O) groups is 1. The molecule has 3 saturated carbocycles. The number of allylic oxidation sites excluding steroid dienone is 2. The van der Waals surface area contributed by atoms with Gasteiger partial charge in [0.2, 0.25) is 0 Å². The predicted octanol–water partition coefficient (Wildman–Crippen LogP) is 3.34. The van der Waals surface area contributed by atoms with Gasteiger partial charge in [0.05, 0.1) is 23.4 Å². The topological polar surface area (TPSA) is 87.7 Å². The highest BCUT2D eigenvalue weighted by Crippen LogP contribution is 2.67. The molecule has 5 nitrogen and oxygen atoms in total. The second-order valence-electron chi connectivity index (χ2n) is 10.1. The Kier molecular flexibility index (Phi) is 4.24. The summed E-state index contributed by atoms with van der Waals surface area (Å²) in [7, 11) is 0. The third-order valence-corrected chi connectivity index (χ3v) is 9.06. The van der Waals surface area contributed by atoms with E-state index >= 15 is 0 Å². The summed E-state index contributed by atoms with van der Waals surface area (Å²) in [6, 6.07) is 3.39. The Morgan fingerprint density at radius 2 is 2.00 bits per heavy atom. The lowest BCUT2D eigenvalue weighted by atomic mass is 9.44. The molecule has 1 aromatic rings. The van der Waals surface area contributed by atoms with E-state index in [1.807, 2.05) is 6.07 Å². The third-order valence-electron chi connectivity index (χ3n) is 9.06. The molecule has 156 valence electrons. The van der Waals surface area contributed by atoms with Gasteiger partial charge in [0, 0.05) is 12.5 Å². The molecule has 0 aliphatic heterocycles. The lowest BCUT2D eigenvalue weighted by molar-refractivity contribution is -0.200. The Bertz CT molecular complexity index is 898. The largest absolute Gasteiger partial charge is 0.431 e. The maximum Gasteiger partial charge on any atom is 0.335 e. The molecule has 2 N–H and O–H groups in total. The first kappa shape index (κ1) is 19.3. The summed E-state index contributed by atoms with van der Waals surface area (Å²) in [6.45, 7) is 2.32. The van der Waals surface area contributed by atoms with Crippen LogP contribution in [0.3, 0.4) is 0 Å². The van der Waals surface area contributed by atoms with E-state index in [-0.39, 0.29) is 22.9 Å². The lowest BCUT2D eigenvalue weighted by Crippen LogP contribution is -2.64. The van der Waals surface area contributed by atoms with Crippen molar-refractivity contribution in [1.82, 2.24) is 0 Å². The number of aliphatic hydroxyl groups excluding tert-OH is 1. The van der Waals surface area contributed by atoms with Crippen LogP contribution in [0, 0.1) is 22.7 Å².